The Morgan fingerprint density at radius 2 is 1.28 bits per heavy atom. The molecule has 1 unspecified atom stereocenters. The van der Waals surface area contributed by atoms with Crippen LogP contribution in [0.3, 0.4) is 0 Å². The van der Waals surface area contributed by atoms with Crippen LogP contribution in [0.5, 0.6) is 0 Å². The number of esters is 1. The van der Waals surface area contributed by atoms with E-state index in [1.807, 2.05) is 60.7 Å². The van der Waals surface area contributed by atoms with Gasteiger partial charge in [0.25, 0.3) is 0 Å². The lowest BCUT2D eigenvalue weighted by Crippen LogP contribution is -2.54. The number of carbonyl (C=O) groups is 4. The van der Waals surface area contributed by atoms with Gasteiger partial charge in [-0.2, -0.15) is 0 Å². The molecule has 0 spiro atoms. The Bertz CT molecular complexity index is 1880. The van der Waals surface area contributed by atoms with E-state index in [1.54, 1.807) is 54.6 Å². The molecule has 4 aromatic carbocycles. The molecule has 0 fully saturated rings. The van der Waals surface area contributed by atoms with Crippen LogP contribution in [-0.2, 0) is 64.1 Å². The Hall–Kier alpha value is -5.41. The van der Waals surface area contributed by atoms with Gasteiger partial charge >= 0.3 is 11.9 Å². The molecule has 4 rings (SSSR count). The van der Waals surface area contributed by atoms with Crippen molar-refractivity contribution in [1.29, 1.82) is 0 Å². The van der Waals surface area contributed by atoms with E-state index in [9.17, 15) is 27.6 Å². The number of sulfonamides is 1. The molecule has 2 amide bonds. The zero-order valence-electron chi connectivity index (χ0n) is 29.4. The molecule has 280 valence electrons. The highest BCUT2D eigenvalue weighted by Crippen LogP contribution is 2.13. The Balaban J connectivity index is 1.47. The molecule has 14 heteroatoms. The Kier molecular flexibility index (Phi) is 15.7. The van der Waals surface area contributed by atoms with Gasteiger partial charge in [-0.3, -0.25) is 19.2 Å². The maximum absolute atomic E-state index is 13.9. The smallest absolute Gasteiger partial charge is 0.321 e. The first-order valence-electron chi connectivity index (χ1n) is 17.1. The summed E-state index contributed by atoms with van der Waals surface area (Å²) in [6.45, 7) is 1.35. The van der Waals surface area contributed by atoms with E-state index in [4.69, 9.17) is 15.3 Å². The van der Waals surface area contributed by atoms with E-state index in [0.29, 0.717) is 23.1 Å². The van der Waals surface area contributed by atoms with Crippen LogP contribution < -0.4 is 26.6 Å². The first-order chi connectivity index (χ1) is 25.5. The standard InChI is InChI=1S/C39H45N5O8S/c1-28(45)52-43-37(40)33-20-17-30(18-21-33)25-41-38(47)34(23-24-36(46)51-26-31-13-7-3-8-14-31)42-39(48)35(22-19-29-11-5-2-6-12-29)44-53(49,50)27-32-15-9-4-10-16-32/h2-18,20-21,34-35,37,43-44H,19,22-27,40H2,1H3,(H,41,47)(H,42,48)/t34-,35+,37?/m0/s1. The minimum absolute atomic E-state index is 0.0453. The zero-order chi connectivity index (χ0) is 38.1. The van der Waals surface area contributed by atoms with Crippen LogP contribution in [-0.4, -0.2) is 44.3 Å². The molecule has 4 aromatic rings. The van der Waals surface area contributed by atoms with E-state index in [2.05, 4.69) is 20.8 Å². The molecule has 0 aliphatic carbocycles. The first kappa shape index (κ1) is 40.4. The number of hydroxylamine groups is 1. The van der Waals surface area contributed by atoms with E-state index >= 15 is 0 Å². The van der Waals surface area contributed by atoms with Crippen molar-refractivity contribution in [2.75, 3.05) is 0 Å². The average Bonchev–Trinajstić information content (AvgIpc) is 3.16. The molecule has 0 bridgehead atoms. The van der Waals surface area contributed by atoms with Crippen molar-refractivity contribution in [3.63, 3.8) is 0 Å². The SMILES string of the molecule is CC(=O)ONC(N)c1ccc(CNC(=O)[C@H](CCC(=O)OCc2ccccc2)NC(=O)[C@@H](CCc2ccccc2)NS(=O)(=O)Cc2ccccc2)cc1. The van der Waals surface area contributed by atoms with Crippen molar-refractivity contribution < 1.29 is 37.2 Å². The van der Waals surface area contributed by atoms with E-state index in [0.717, 1.165) is 11.1 Å². The lowest BCUT2D eigenvalue weighted by Gasteiger charge is -2.23. The van der Waals surface area contributed by atoms with Crippen LogP contribution in [0.1, 0.15) is 60.2 Å². The summed E-state index contributed by atoms with van der Waals surface area (Å²) < 4.78 is 34.5. The lowest BCUT2D eigenvalue weighted by atomic mass is 10.0. The molecule has 0 heterocycles. The van der Waals surface area contributed by atoms with Crippen molar-refractivity contribution >= 4 is 33.8 Å². The van der Waals surface area contributed by atoms with Gasteiger partial charge in [0.2, 0.25) is 21.8 Å². The maximum atomic E-state index is 13.9. The molecule has 0 aromatic heterocycles. The quantitative estimate of drug-likeness (QED) is 0.0509. The third-order valence-electron chi connectivity index (χ3n) is 8.05. The highest BCUT2D eigenvalue weighted by molar-refractivity contribution is 7.88. The predicted octanol–water partition coefficient (Wildman–Crippen LogP) is 3.46. The summed E-state index contributed by atoms with van der Waals surface area (Å²) in [4.78, 5) is 56.0. The summed E-state index contributed by atoms with van der Waals surface area (Å²) in [6, 6.07) is 31.4. The van der Waals surface area contributed by atoms with Crippen molar-refractivity contribution in [2.24, 2.45) is 5.73 Å². The topological polar surface area (TPSA) is 195 Å². The van der Waals surface area contributed by atoms with Crippen LogP contribution in [0.25, 0.3) is 0 Å². The molecule has 0 saturated heterocycles. The molecular formula is C39H45N5O8S. The molecule has 0 radical (unpaired) electrons. The van der Waals surface area contributed by atoms with Gasteiger partial charge in [-0.05, 0) is 47.1 Å². The number of amides is 2. The number of rotatable bonds is 20. The van der Waals surface area contributed by atoms with Gasteiger partial charge in [0.15, 0.2) is 0 Å². The maximum Gasteiger partial charge on any atom is 0.321 e. The average molecular weight is 744 g/mol. The largest absolute Gasteiger partial charge is 0.461 e. The van der Waals surface area contributed by atoms with Gasteiger partial charge in [0.1, 0.15) is 24.9 Å². The zero-order valence-corrected chi connectivity index (χ0v) is 30.2. The van der Waals surface area contributed by atoms with Crippen LogP contribution >= 0.6 is 0 Å². The van der Waals surface area contributed by atoms with Gasteiger partial charge in [-0.15, -0.1) is 5.48 Å². The molecule has 0 aliphatic rings. The number of ether oxygens (including phenoxy) is 1. The fraction of sp³-hybridized carbons (Fsp3) is 0.282. The van der Waals surface area contributed by atoms with Gasteiger partial charge in [-0.1, -0.05) is 115 Å². The molecule has 0 aliphatic heterocycles. The van der Waals surface area contributed by atoms with Crippen molar-refractivity contribution in [1.82, 2.24) is 20.8 Å². The van der Waals surface area contributed by atoms with Crippen molar-refractivity contribution in [3.05, 3.63) is 143 Å². The number of hydrogen-bond donors (Lipinski definition) is 5. The van der Waals surface area contributed by atoms with Crippen LogP contribution in [0.15, 0.2) is 115 Å². The fourth-order valence-electron chi connectivity index (χ4n) is 5.23. The Labute approximate surface area is 309 Å². The lowest BCUT2D eigenvalue weighted by molar-refractivity contribution is -0.150. The summed E-state index contributed by atoms with van der Waals surface area (Å²) in [6.07, 6.45) is -0.586. The van der Waals surface area contributed by atoms with Crippen LogP contribution in [0, 0.1) is 0 Å². The molecule has 0 saturated carbocycles. The number of nitrogens with one attached hydrogen (secondary N) is 4. The minimum Gasteiger partial charge on any atom is -0.461 e. The summed E-state index contributed by atoms with van der Waals surface area (Å²) in [5.41, 5.74) is 12.0. The number of hydrogen-bond acceptors (Lipinski definition) is 10. The second kappa shape index (κ2) is 20.6. The van der Waals surface area contributed by atoms with E-state index in [1.165, 1.54) is 6.92 Å². The normalized spacial score (nSPS) is 12.9. The van der Waals surface area contributed by atoms with Crippen LogP contribution in [0.2, 0.25) is 0 Å². The van der Waals surface area contributed by atoms with Crippen LogP contribution in [0.4, 0.5) is 0 Å². The van der Waals surface area contributed by atoms with Gasteiger partial charge in [0, 0.05) is 19.9 Å². The van der Waals surface area contributed by atoms with Crippen molar-refractivity contribution in [2.45, 2.75) is 69.8 Å². The van der Waals surface area contributed by atoms with Gasteiger partial charge in [0.05, 0.1) is 5.75 Å². The molecule has 6 N–H and O–H groups in total. The molecule has 3 atom stereocenters. The third-order valence-corrected chi connectivity index (χ3v) is 9.41. The Morgan fingerprint density at radius 3 is 1.89 bits per heavy atom. The highest BCUT2D eigenvalue weighted by atomic mass is 32.2. The van der Waals surface area contributed by atoms with Crippen molar-refractivity contribution in [3.8, 4) is 0 Å². The molecule has 53 heavy (non-hydrogen) atoms. The summed E-state index contributed by atoms with van der Waals surface area (Å²) in [7, 11) is -3.99. The van der Waals surface area contributed by atoms with Gasteiger partial charge < -0.3 is 25.9 Å². The molecule has 13 nitrogen and oxygen atoms in total. The monoisotopic (exact) mass is 743 g/mol. The second-order valence-corrected chi connectivity index (χ2v) is 14.1. The summed E-state index contributed by atoms with van der Waals surface area (Å²) in [5.74, 6) is -2.75. The minimum atomic E-state index is -3.99. The van der Waals surface area contributed by atoms with E-state index < -0.39 is 52.0 Å². The highest BCUT2D eigenvalue weighted by Gasteiger charge is 2.29. The molecular weight excluding hydrogens is 699 g/mol. The summed E-state index contributed by atoms with van der Waals surface area (Å²) in [5, 5.41) is 5.49. The number of benzene rings is 4. The first-order valence-corrected chi connectivity index (χ1v) is 18.8. The number of aryl methyl sites for hydroxylation is 1. The Morgan fingerprint density at radius 1 is 0.698 bits per heavy atom. The number of carbonyl (C=O) groups excluding carboxylic acids is 4. The van der Waals surface area contributed by atoms with E-state index in [-0.39, 0.29) is 38.2 Å². The van der Waals surface area contributed by atoms with Gasteiger partial charge in [-0.25, -0.2) is 13.1 Å². The predicted molar refractivity (Wildman–Crippen MR) is 198 cm³/mol. The number of nitrogens with two attached hydrogens (primary N) is 1. The third kappa shape index (κ3) is 14.6. The second-order valence-electron chi connectivity index (χ2n) is 12.3. The fourth-order valence-corrected chi connectivity index (χ4v) is 6.61. The summed E-state index contributed by atoms with van der Waals surface area (Å²) >= 11 is 0.